The van der Waals surface area contributed by atoms with Gasteiger partial charge in [0, 0.05) is 19.6 Å². The molecule has 0 bridgehead atoms. The molecule has 0 unspecified atom stereocenters. The van der Waals surface area contributed by atoms with Crippen molar-refractivity contribution in [2.24, 2.45) is 5.41 Å². The van der Waals surface area contributed by atoms with Crippen molar-refractivity contribution in [2.45, 2.75) is 69.8 Å². The molecule has 0 aromatic carbocycles. The summed E-state index contributed by atoms with van der Waals surface area (Å²) in [5.41, 5.74) is 0.331. The van der Waals surface area contributed by atoms with Gasteiger partial charge >= 0.3 is 0 Å². The van der Waals surface area contributed by atoms with Gasteiger partial charge in [-0.3, -0.25) is 4.90 Å². The maximum absolute atomic E-state index is 10.4. The lowest BCUT2D eigenvalue weighted by atomic mass is 9.73. The van der Waals surface area contributed by atoms with Crippen molar-refractivity contribution < 1.29 is 5.11 Å². The maximum Gasteiger partial charge on any atom is 0.0774 e. The van der Waals surface area contributed by atoms with Gasteiger partial charge in [-0.25, -0.2) is 0 Å². The average molecular weight is 237 g/mol. The van der Waals surface area contributed by atoms with Crippen molar-refractivity contribution >= 4 is 0 Å². The molecule has 17 heavy (non-hydrogen) atoms. The molecule has 98 valence electrons. The summed E-state index contributed by atoms with van der Waals surface area (Å²) in [6.45, 7) is 3.50. The van der Waals surface area contributed by atoms with E-state index in [9.17, 15) is 5.11 Å². The van der Waals surface area contributed by atoms with Crippen LogP contribution in [-0.2, 0) is 0 Å². The first-order valence-corrected chi connectivity index (χ1v) is 7.65. The third-order valence-electron chi connectivity index (χ3n) is 5.33. The van der Waals surface area contributed by atoms with Gasteiger partial charge in [-0.05, 0) is 31.1 Å². The third kappa shape index (κ3) is 2.53. The Bertz CT molecular complexity index is 254. The highest BCUT2D eigenvalue weighted by atomic mass is 16.3. The lowest BCUT2D eigenvalue weighted by Crippen LogP contribution is -2.59. The fraction of sp³-hybridized carbons (Fsp3) is 1.00. The Morgan fingerprint density at radius 3 is 1.88 bits per heavy atom. The molecule has 2 nitrogen and oxygen atoms in total. The number of aliphatic hydroxyl groups is 1. The van der Waals surface area contributed by atoms with E-state index in [1.165, 1.54) is 64.5 Å². The van der Waals surface area contributed by atoms with Crippen molar-refractivity contribution in [2.75, 3.05) is 19.6 Å². The van der Waals surface area contributed by atoms with Crippen molar-refractivity contribution in [1.29, 1.82) is 0 Å². The summed E-state index contributed by atoms with van der Waals surface area (Å²) in [5, 5.41) is 10.4. The molecule has 0 radical (unpaired) electrons. The Kier molecular flexibility index (Phi) is 3.20. The fourth-order valence-corrected chi connectivity index (χ4v) is 4.42. The van der Waals surface area contributed by atoms with Gasteiger partial charge < -0.3 is 5.11 Å². The van der Waals surface area contributed by atoms with Gasteiger partial charge in [-0.2, -0.15) is 0 Å². The number of nitrogens with zero attached hydrogens (tertiary/aromatic N) is 1. The zero-order chi connectivity index (χ0) is 11.8. The minimum Gasteiger partial charge on any atom is -0.389 e. The molecule has 1 heterocycles. The average Bonchev–Trinajstić information content (AvgIpc) is 2.53. The van der Waals surface area contributed by atoms with Gasteiger partial charge in [0.2, 0.25) is 0 Å². The van der Waals surface area contributed by atoms with Crippen LogP contribution in [0.25, 0.3) is 0 Å². The molecule has 1 N–H and O–H groups in total. The lowest BCUT2D eigenvalue weighted by Gasteiger charge is -2.52. The molecule has 1 spiro atoms. The number of likely N-dealkylation sites (tertiary alicyclic amines) is 1. The topological polar surface area (TPSA) is 23.5 Å². The molecule has 2 heteroatoms. The van der Waals surface area contributed by atoms with Crippen LogP contribution >= 0.6 is 0 Å². The zero-order valence-corrected chi connectivity index (χ0v) is 11.1. The standard InChI is InChI=1S/C15H27NO/c17-15(9-5-6-10-15)13-16-11-14(12-16)7-3-1-2-4-8-14/h17H,1-13H2. The summed E-state index contributed by atoms with van der Waals surface area (Å²) >= 11 is 0. The number of β-amino-alcohol motifs (C(OH)–C–C–N with tert-alkyl or cyclic N) is 1. The van der Waals surface area contributed by atoms with Gasteiger partial charge in [0.25, 0.3) is 0 Å². The second-order valence-electron chi connectivity index (χ2n) is 6.99. The van der Waals surface area contributed by atoms with E-state index < -0.39 is 0 Å². The van der Waals surface area contributed by atoms with Crippen LogP contribution in [0.1, 0.15) is 64.2 Å². The quantitative estimate of drug-likeness (QED) is 0.798. The van der Waals surface area contributed by atoms with Crippen LogP contribution in [0.15, 0.2) is 0 Å². The molecule has 2 saturated carbocycles. The van der Waals surface area contributed by atoms with E-state index in [1.807, 2.05) is 0 Å². The SMILES string of the molecule is OC1(CN2CC3(CCCCCC3)C2)CCCC1. The largest absolute Gasteiger partial charge is 0.389 e. The molecular formula is C15H27NO. The molecule has 2 aliphatic carbocycles. The third-order valence-corrected chi connectivity index (χ3v) is 5.33. The summed E-state index contributed by atoms with van der Waals surface area (Å²) < 4.78 is 0. The van der Waals surface area contributed by atoms with Crippen molar-refractivity contribution in [3.8, 4) is 0 Å². The van der Waals surface area contributed by atoms with Crippen LogP contribution in [0.5, 0.6) is 0 Å². The molecule has 0 atom stereocenters. The van der Waals surface area contributed by atoms with E-state index in [0.29, 0.717) is 5.41 Å². The zero-order valence-electron chi connectivity index (χ0n) is 11.1. The summed E-state index contributed by atoms with van der Waals surface area (Å²) in [5.74, 6) is 0. The number of hydrogen-bond acceptors (Lipinski definition) is 2. The molecule has 0 amide bonds. The normalized spacial score (nSPS) is 32.3. The van der Waals surface area contributed by atoms with Crippen LogP contribution in [0.4, 0.5) is 0 Å². The Morgan fingerprint density at radius 1 is 0.765 bits per heavy atom. The second kappa shape index (κ2) is 4.55. The summed E-state index contributed by atoms with van der Waals surface area (Å²) in [6.07, 6.45) is 13.2. The minimum absolute atomic E-state index is 0.327. The van der Waals surface area contributed by atoms with Crippen molar-refractivity contribution in [1.82, 2.24) is 4.90 Å². The summed E-state index contributed by atoms with van der Waals surface area (Å²) in [6, 6.07) is 0. The fourth-order valence-electron chi connectivity index (χ4n) is 4.42. The first kappa shape index (κ1) is 12.0. The van der Waals surface area contributed by atoms with Crippen LogP contribution in [0.3, 0.4) is 0 Å². The van der Waals surface area contributed by atoms with Gasteiger partial charge in [-0.15, -0.1) is 0 Å². The lowest BCUT2D eigenvalue weighted by molar-refractivity contribution is -0.0713. The van der Waals surface area contributed by atoms with Gasteiger partial charge in [-0.1, -0.05) is 38.5 Å². The highest BCUT2D eigenvalue weighted by molar-refractivity contribution is 4.99. The Labute approximate surface area is 105 Å². The maximum atomic E-state index is 10.4. The van der Waals surface area contributed by atoms with E-state index in [0.717, 1.165) is 19.4 Å². The molecule has 3 rings (SSSR count). The highest BCUT2D eigenvalue weighted by Gasteiger charge is 2.45. The van der Waals surface area contributed by atoms with E-state index in [-0.39, 0.29) is 5.60 Å². The van der Waals surface area contributed by atoms with Crippen molar-refractivity contribution in [3.05, 3.63) is 0 Å². The number of hydrogen-bond donors (Lipinski definition) is 1. The second-order valence-corrected chi connectivity index (χ2v) is 6.99. The first-order valence-electron chi connectivity index (χ1n) is 7.65. The van der Waals surface area contributed by atoms with E-state index in [1.54, 1.807) is 0 Å². The monoisotopic (exact) mass is 237 g/mol. The van der Waals surface area contributed by atoms with Crippen LogP contribution < -0.4 is 0 Å². The van der Waals surface area contributed by atoms with Crippen molar-refractivity contribution in [3.63, 3.8) is 0 Å². The van der Waals surface area contributed by atoms with Gasteiger partial charge in [0.15, 0.2) is 0 Å². The summed E-state index contributed by atoms with van der Waals surface area (Å²) in [7, 11) is 0. The molecule has 3 fully saturated rings. The Balaban J connectivity index is 1.50. The van der Waals surface area contributed by atoms with Crippen LogP contribution in [0, 0.1) is 5.41 Å². The van der Waals surface area contributed by atoms with E-state index in [2.05, 4.69) is 4.90 Å². The Morgan fingerprint density at radius 2 is 1.29 bits per heavy atom. The molecule has 1 aliphatic heterocycles. The van der Waals surface area contributed by atoms with Crippen LogP contribution in [0.2, 0.25) is 0 Å². The highest BCUT2D eigenvalue weighted by Crippen LogP contribution is 2.44. The van der Waals surface area contributed by atoms with Gasteiger partial charge in [0.1, 0.15) is 0 Å². The molecular weight excluding hydrogens is 210 g/mol. The van der Waals surface area contributed by atoms with E-state index >= 15 is 0 Å². The van der Waals surface area contributed by atoms with E-state index in [4.69, 9.17) is 0 Å². The molecule has 3 aliphatic rings. The smallest absolute Gasteiger partial charge is 0.0774 e. The Hall–Kier alpha value is -0.0800. The molecule has 0 aromatic rings. The first-order chi connectivity index (χ1) is 8.20. The number of rotatable bonds is 2. The van der Waals surface area contributed by atoms with Crippen LogP contribution in [-0.4, -0.2) is 35.2 Å². The predicted molar refractivity (Wildman–Crippen MR) is 70.0 cm³/mol. The molecule has 1 saturated heterocycles. The molecule has 0 aromatic heterocycles. The summed E-state index contributed by atoms with van der Waals surface area (Å²) in [4.78, 5) is 2.52. The predicted octanol–water partition coefficient (Wildman–Crippen LogP) is 2.95. The minimum atomic E-state index is -0.327. The van der Waals surface area contributed by atoms with Gasteiger partial charge in [0.05, 0.1) is 5.60 Å².